The van der Waals surface area contributed by atoms with Gasteiger partial charge in [0, 0.05) is 55.0 Å². The molecular weight excluding hydrogens is 492 g/mol. The molecule has 2 aromatic carbocycles. The summed E-state index contributed by atoms with van der Waals surface area (Å²) in [7, 11) is 1.83. The Morgan fingerprint density at radius 1 is 1.14 bits per heavy atom. The van der Waals surface area contributed by atoms with E-state index in [4.69, 9.17) is 9.29 Å². The molecule has 37 heavy (non-hydrogen) atoms. The van der Waals surface area contributed by atoms with Gasteiger partial charge in [0.1, 0.15) is 24.3 Å². The first-order valence-corrected chi connectivity index (χ1v) is 12.7. The van der Waals surface area contributed by atoms with Gasteiger partial charge in [-0.05, 0) is 49.2 Å². The summed E-state index contributed by atoms with van der Waals surface area (Å²) in [6.45, 7) is 1.61. The zero-order chi connectivity index (χ0) is 26.0. The van der Waals surface area contributed by atoms with Crippen LogP contribution in [0.15, 0.2) is 60.8 Å². The Hall–Kier alpha value is -3.80. The van der Waals surface area contributed by atoms with Gasteiger partial charge in [0.15, 0.2) is 0 Å². The zero-order valence-corrected chi connectivity index (χ0v) is 21.3. The maximum absolute atomic E-state index is 12.9. The number of hydrogen-bond acceptors (Lipinski definition) is 10. The van der Waals surface area contributed by atoms with Crippen LogP contribution in [0.4, 0.5) is 34.3 Å². The van der Waals surface area contributed by atoms with E-state index in [2.05, 4.69) is 30.6 Å². The normalized spacial score (nSPS) is 13.5. The van der Waals surface area contributed by atoms with Gasteiger partial charge in [-0.1, -0.05) is 12.1 Å². The zero-order valence-electron chi connectivity index (χ0n) is 20.4. The molecule has 0 atom stereocenters. The lowest BCUT2D eigenvalue weighted by Gasteiger charge is -2.36. The first-order chi connectivity index (χ1) is 18.1. The third-order valence-electron chi connectivity index (χ3n) is 6.04. The van der Waals surface area contributed by atoms with Crippen molar-refractivity contribution >= 4 is 58.7 Å². The van der Waals surface area contributed by atoms with Gasteiger partial charge in [0.25, 0.3) is 5.91 Å². The van der Waals surface area contributed by atoms with Crippen LogP contribution in [0.2, 0.25) is 0 Å². The van der Waals surface area contributed by atoms with Crippen LogP contribution in [-0.2, 0) is 9.53 Å². The number of ether oxygens (including phenoxy) is 1. The summed E-state index contributed by atoms with van der Waals surface area (Å²) in [6, 6.07) is 16.3. The molecule has 1 amide bonds. The topological polar surface area (TPSA) is 128 Å². The Bertz CT molecular complexity index is 1220. The Labute approximate surface area is 220 Å². The molecule has 194 valence electrons. The summed E-state index contributed by atoms with van der Waals surface area (Å²) in [4.78, 5) is 31.0. The number of pyridine rings is 1. The number of hydrogen-bond donors (Lipinski definition) is 5. The highest BCUT2D eigenvalue weighted by Crippen LogP contribution is 2.32. The van der Waals surface area contributed by atoms with Gasteiger partial charge in [-0.25, -0.2) is 4.98 Å². The molecule has 5 N–H and O–H groups in total. The van der Waals surface area contributed by atoms with Crippen LogP contribution >= 0.6 is 12.2 Å². The van der Waals surface area contributed by atoms with Crippen molar-refractivity contribution in [1.29, 1.82) is 0 Å². The van der Waals surface area contributed by atoms with Crippen molar-refractivity contribution in [2.24, 2.45) is 0 Å². The standard InChI is InChI=1S/C26H30N6O4S/c1-27-23-17-28-25(16-24(23)32(10-11-33)22-8-12-36-13-9-22)29-19-5-2-4-18(14-19)26(34)30-20-6-3-7-21(15-20)31-37-35/h2-7,11,14-17,22,27,31,35H,8-10,12-13H2,1H3,(H,28,29)(H,30,34). The number of nitrogens with zero attached hydrogens (tertiary/aromatic N) is 2. The van der Waals surface area contributed by atoms with Crippen LogP contribution in [0.5, 0.6) is 0 Å². The van der Waals surface area contributed by atoms with Crippen LogP contribution in [0.1, 0.15) is 23.2 Å². The van der Waals surface area contributed by atoms with E-state index >= 15 is 0 Å². The number of anilines is 6. The predicted molar refractivity (Wildman–Crippen MR) is 149 cm³/mol. The van der Waals surface area contributed by atoms with Crippen LogP contribution < -0.4 is 25.6 Å². The molecule has 1 fully saturated rings. The second-order valence-corrected chi connectivity index (χ2v) is 8.82. The lowest BCUT2D eigenvalue weighted by atomic mass is 10.1. The fraction of sp³-hybridized carbons (Fsp3) is 0.269. The first kappa shape index (κ1) is 26.3. The smallest absolute Gasteiger partial charge is 0.255 e. The number of carbonyl (C=O) groups excluding carboxylic acids is 2. The third-order valence-corrected chi connectivity index (χ3v) is 6.37. The van der Waals surface area contributed by atoms with Crippen LogP contribution in [0.25, 0.3) is 0 Å². The number of benzene rings is 2. The van der Waals surface area contributed by atoms with E-state index in [1.165, 1.54) is 0 Å². The van der Waals surface area contributed by atoms with Gasteiger partial charge in [-0.3, -0.25) is 4.79 Å². The minimum atomic E-state index is -0.270. The number of nitrogens with one attached hydrogen (secondary N) is 4. The van der Waals surface area contributed by atoms with Crippen molar-refractivity contribution in [3.63, 3.8) is 0 Å². The Kier molecular flexibility index (Phi) is 9.19. The molecule has 4 rings (SSSR count). The largest absolute Gasteiger partial charge is 0.385 e. The third kappa shape index (κ3) is 6.91. The molecular formula is C26H30N6O4S. The molecule has 3 aromatic rings. The summed E-state index contributed by atoms with van der Waals surface area (Å²) in [5, 5.41) is 9.32. The molecule has 0 saturated carbocycles. The Balaban J connectivity index is 1.52. The van der Waals surface area contributed by atoms with Crippen molar-refractivity contribution in [2.75, 3.05) is 52.4 Å². The number of carbonyl (C=O) groups is 2. The monoisotopic (exact) mass is 522 g/mol. The van der Waals surface area contributed by atoms with Crippen LogP contribution in [0.3, 0.4) is 0 Å². The van der Waals surface area contributed by atoms with Gasteiger partial charge in [-0.15, -0.1) is 0 Å². The fourth-order valence-corrected chi connectivity index (χ4v) is 4.50. The van der Waals surface area contributed by atoms with Crippen molar-refractivity contribution < 1.29 is 18.9 Å². The predicted octanol–water partition coefficient (Wildman–Crippen LogP) is 4.84. The molecule has 2 heterocycles. The molecule has 0 aliphatic carbocycles. The summed E-state index contributed by atoms with van der Waals surface area (Å²) in [6.07, 6.45) is 4.34. The average Bonchev–Trinajstić information content (AvgIpc) is 2.93. The molecule has 1 aliphatic rings. The van der Waals surface area contributed by atoms with Crippen molar-refractivity contribution in [3.8, 4) is 0 Å². The first-order valence-electron chi connectivity index (χ1n) is 11.9. The maximum atomic E-state index is 12.9. The summed E-state index contributed by atoms with van der Waals surface area (Å²) >= 11 is 0.490. The van der Waals surface area contributed by atoms with E-state index in [9.17, 15) is 9.59 Å². The molecule has 0 spiro atoms. The van der Waals surface area contributed by atoms with E-state index in [0.29, 0.717) is 53.9 Å². The van der Waals surface area contributed by atoms with E-state index in [1.54, 1.807) is 48.7 Å². The van der Waals surface area contributed by atoms with Gasteiger partial charge in [0.2, 0.25) is 0 Å². The average molecular weight is 523 g/mol. The van der Waals surface area contributed by atoms with E-state index in [1.807, 2.05) is 19.2 Å². The van der Waals surface area contributed by atoms with Crippen LogP contribution in [0, 0.1) is 0 Å². The summed E-state index contributed by atoms with van der Waals surface area (Å²) in [5.41, 5.74) is 4.13. The lowest BCUT2D eigenvalue weighted by molar-refractivity contribution is -0.106. The minimum absolute atomic E-state index is 0.193. The summed E-state index contributed by atoms with van der Waals surface area (Å²) in [5.74, 6) is 0.322. The highest BCUT2D eigenvalue weighted by Gasteiger charge is 2.24. The highest BCUT2D eigenvalue weighted by atomic mass is 32.2. The molecule has 1 aromatic heterocycles. The molecule has 0 unspecified atom stereocenters. The van der Waals surface area contributed by atoms with Gasteiger partial charge >= 0.3 is 0 Å². The summed E-state index contributed by atoms with van der Waals surface area (Å²) < 4.78 is 17.2. The number of amides is 1. The minimum Gasteiger partial charge on any atom is -0.385 e. The molecule has 1 aliphatic heterocycles. The molecule has 0 radical (unpaired) electrons. The number of rotatable bonds is 11. The molecule has 1 saturated heterocycles. The van der Waals surface area contributed by atoms with E-state index in [0.717, 1.165) is 30.5 Å². The molecule has 10 nitrogen and oxygen atoms in total. The fourth-order valence-electron chi connectivity index (χ4n) is 4.27. The second-order valence-electron chi connectivity index (χ2n) is 8.43. The lowest BCUT2D eigenvalue weighted by Crippen LogP contribution is -2.41. The van der Waals surface area contributed by atoms with Crippen molar-refractivity contribution in [2.45, 2.75) is 18.9 Å². The maximum Gasteiger partial charge on any atom is 0.255 e. The quantitative estimate of drug-likeness (QED) is 0.136. The second kappa shape index (κ2) is 12.9. The number of aromatic nitrogens is 1. The molecule has 0 bridgehead atoms. The van der Waals surface area contributed by atoms with Crippen LogP contribution in [-0.4, -0.2) is 54.6 Å². The van der Waals surface area contributed by atoms with Crippen molar-refractivity contribution in [3.05, 3.63) is 66.4 Å². The Morgan fingerprint density at radius 2 is 1.89 bits per heavy atom. The van der Waals surface area contributed by atoms with Gasteiger partial charge in [-0.2, -0.15) is 0 Å². The molecule has 11 heteroatoms. The van der Waals surface area contributed by atoms with Gasteiger partial charge < -0.3 is 39.7 Å². The highest BCUT2D eigenvalue weighted by molar-refractivity contribution is 7.95. The SMILES string of the molecule is CNc1cnc(Nc2cccc(C(=O)Nc3cccc(NSO)c3)c2)cc1N(CC=O)C1CCOCC1. The van der Waals surface area contributed by atoms with E-state index in [-0.39, 0.29) is 18.5 Å². The Morgan fingerprint density at radius 3 is 2.65 bits per heavy atom. The van der Waals surface area contributed by atoms with E-state index < -0.39 is 0 Å². The van der Waals surface area contributed by atoms with Crippen molar-refractivity contribution in [1.82, 2.24) is 4.98 Å². The van der Waals surface area contributed by atoms with Gasteiger partial charge in [0.05, 0.1) is 24.1 Å². The number of aldehydes is 1.